The number of carboxylic acids is 1. The van der Waals surface area contributed by atoms with E-state index in [4.69, 9.17) is 5.11 Å². The van der Waals surface area contributed by atoms with Gasteiger partial charge in [0.1, 0.15) is 6.04 Å². The molecule has 1 fully saturated rings. The van der Waals surface area contributed by atoms with Crippen LogP contribution in [0.25, 0.3) is 0 Å². The lowest BCUT2D eigenvalue weighted by molar-refractivity contribution is -0.139. The number of aliphatic carboxylic acids is 1. The molecule has 3 N–H and O–H groups in total. The first-order valence-electron chi connectivity index (χ1n) is 4.40. The van der Waals surface area contributed by atoms with Crippen molar-refractivity contribution >= 4 is 5.97 Å². The van der Waals surface area contributed by atoms with Gasteiger partial charge in [0.25, 0.3) is 0 Å². The van der Waals surface area contributed by atoms with Gasteiger partial charge in [0.2, 0.25) is 0 Å². The summed E-state index contributed by atoms with van der Waals surface area (Å²) in [5.41, 5.74) is 6.58. The van der Waals surface area contributed by atoms with Gasteiger partial charge in [0.05, 0.1) is 0 Å². The van der Waals surface area contributed by atoms with Gasteiger partial charge < -0.3 is 5.11 Å². The Kier molecular flexibility index (Phi) is 2.43. The first kappa shape index (κ1) is 9.11. The zero-order chi connectivity index (χ0) is 9.97. The van der Waals surface area contributed by atoms with Crippen LogP contribution in [0.3, 0.4) is 0 Å². The van der Waals surface area contributed by atoms with Crippen LogP contribution >= 0.6 is 0 Å². The maximum atomic E-state index is 10.9. The van der Waals surface area contributed by atoms with Crippen LogP contribution in [0.1, 0.15) is 11.5 Å². The van der Waals surface area contributed by atoms with Crippen LogP contribution < -0.4 is 10.9 Å². The Morgan fingerprint density at radius 2 is 2.21 bits per heavy atom. The standard InChI is InChI=1S/C9H11N3O2/c13-9(14)8-7(5-11-12-8)6-1-3-10-4-2-6/h1-4,7-8,11-12H,5H2,(H,13,14). The molecule has 14 heavy (non-hydrogen) atoms. The summed E-state index contributed by atoms with van der Waals surface area (Å²) in [7, 11) is 0. The van der Waals surface area contributed by atoms with Gasteiger partial charge in [0.15, 0.2) is 0 Å². The molecule has 5 nitrogen and oxygen atoms in total. The number of nitrogens with zero attached hydrogens (tertiary/aromatic N) is 1. The Balaban J connectivity index is 2.22. The van der Waals surface area contributed by atoms with Gasteiger partial charge in [-0.15, -0.1) is 0 Å². The lowest BCUT2D eigenvalue weighted by atomic mass is 9.94. The lowest BCUT2D eigenvalue weighted by Crippen LogP contribution is -2.37. The summed E-state index contributed by atoms with van der Waals surface area (Å²) in [4.78, 5) is 14.8. The molecule has 2 rings (SSSR count). The van der Waals surface area contributed by atoms with Crippen LogP contribution in [0.15, 0.2) is 24.5 Å². The molecule has 2 heterocycles. The number of rotatable bonds is 2. The van der Waals surface area contributed by atoms with E-state index in [9.17, 15) is 4.79 Å². The van der Waals surface area contributed by atoms with Crippen LogP contribution in [0, 0.1) is 0 Å². The fourth-order valence-electron chi connectivity index (χ4n) is 1.65. The normalized spacial score (nSPS) is 26.3. The average Bonchev–Trinajstić information content (AvgIpc) is 2.67. The monoisotopic (exact) mass is 193 g/mol. The minimum atomic E-state index is -0.836. The Labute approximate surface area is 81.1 Å². The van der Waals surface area contributed by atoms with E-state index in [-0.39, 0.29) is 5.92 Å². The van der Waals surface area contributed by atoms with Crippen molar-refractivity contribution < 1.29 is 9.90 Å². The molecule has 74 valence electrons. The molecule has 1 aliphatic heterocycles. The van der Waals surface area contributed by atoms with Gasteiger partial charge in [-0.25, -0.2) is 5.43 Å². The highest BCUT2D eigenvalue weighted by atomic mass is 16.4. The molecule has 0 spiro atoms. The smallest absolute Gasteiger partial charge is 0.322 e. The maximum Gasteiger partial charge on any atom is 0.322 e. The zero-order valence-electron chi connectivity index (χ0n) is 7.47. The highest BCUT2D eigenvalue weighted by Gasteiger charge is 2.33. The van der Waals surface area contributed by atoms with Crippen LogP contribution in [0.5, 0.6) is 0 Å². The minimum Gasteiger partial charge on any atom is -0.480 e. The summed E-state index contributed by atoms with van der Waals surface area (Å²) in [5, 5.41) is 8.93. The van der Waals surface area contributed by atoms with Crippen molar-refractivity contribution in [3.05, 3.63) is 30.1 Å². The molecule has 0 aliphatic carbocycles. The van der Waals surface area contributed by atoms with E-state index in [0.717, 1.165) is 5.56 Å². The third-order valence-corrected chi connectivity index (χ3v) is 2.38. The van der Waals surface area contributed by atoms with Crippen LogP contribution in [0.2, 0.25) is 0 Å². The summed E-state index contributed by atoms with van der Waals surface area (Å²) in [6.07, 6.45) is 3.35. The van der Waals surface area contributed by atoms with E-state index in [2.05, 4.69) is 15.8 Å². The van der Waals surface area contributed by atoms with Gasteiger partial charge in [-0.3, -0.25) is 15.2 Å². The van der Waals surface area contributed by atoms with E-state index in [1.54, 1.807) is 12.4 Å². The van der Waals surface area contributed by atoms with Crippen LogP contribution in [-0.4, -0.2) is 28.6 Å². The van der Waals surface area contributed by atoms with E-state index in [0.29, 0.717) is 6.54 Å². The van der Waals surface area contributed by atoms with E-state index < -0.39 is 12.0 Å². The number of nitrogens with one attached hydrogen (secondary N) is 2. The average molecular weight is 193 g/mol. The number of carbonyl (C=O) groups is 1. The number of carboxylic acid groups (broad SMARTS) is 1. The fourth-order valence-corrected chi connectivity index (χ4v) is 1.65. The van der Waals surface area contributed by atoms with Crippen molar-refractivity contribution in [3.63, 3.8) is 0 Å². The molecule has 1 aromatic rings. The second kappa shape index (κ2) is 3.73. The molecule has 0 bridgehead atoms. The number of hydrogen-bond acceptors (Lipinski definition) is 4. The van der Waals surface area contributed by atoms with Crippen molar-refractivity contribution in [2.24, 2.45) is 0 Å². The third kappa shape index (κ3) is 1.59. The summed E-state index contributed by atoms with van der Waals surface area (Å²) in [6, 6.07) is 3.13. The molecule has 1 aromatic heterocycles. The number of hydrazine groups is 1. The maximum absolute atomic E-state index is 10.9. The van der Waals surface area contributed by atoms with Crippen molar-refractivity contribution in [1.29, 1.82) is 0 Å². The van der Waals surface area contributed by atoms with Crippen LogP contribution in [-0.2, 0) is 4.79 Å². The predicted molar refractivity (Wildman–Crippen MR) is 49.5 cm³/mol. The predicted octanol–water partition coefficient (Wildman–Crippen LogP) is -0.274. The molecular weight excluding hydrogens is 182 g/mol. The minimum absolute atomic E-state index is 0.0319. The highest BCUT2D eigenvalue weighted by molar-refractivity contribution is 5.75. The van der Waals surface area contributed by atoms with Crippen molar-refractivity contribution in [2.45, 2.75) is 12.0 Å². The zero-order valence-corrected chi connectivity index (χ0v) is 7.47. The second-order valence-corrected chi connectivity index (χ2v) is 3.23. The van der Waals surface area contributed by atoms with Crippen molar-refractivity contribution in [1.82, 2.24) is 15.8 Å². The first-order chi connectivity index (χ1) is 6.79. The molecule has 0 aromatic carbocycles. The number of aromatic nitrogens is 1. The molecular formula is C9H11N3O2. The summed E-state index contributed by atoms with van der Waals surface area (Å²) in [6.45, 7) is 0.626. The van der Waals surface area contributed by atoms with E-state index >= 15 is 0 Å². The van der Waals surface area contributed by atoms with Gasteiger partial charge in [-0.2, -0.15) is 0 Å². The second-order valence-electron chi connectivity index (χ2n) is 3.23. The topological polar surface area (TPSA) is 74.2 Å². The first-order valence-corrected chi connectivity index (χ1v) is 4.40. The van der Waals surface area contributed by atoms with E-state index in [1.807, 2.05) is 12.1 Å². The van der Waals surface area contributed by atoms with Gasteiger partial charge in [0, 0.05) is 24.9 Å². The van der Waals surface area contributed by atoms with Crippen LogP contribution in [0.4, 0.5) is 0 Å². The Hall–Kier alpha value is -1.46. The molecule has 5 heteroatoms. The summed E-state index contributed by atoms with van der Waals surface area (Å²) in [5.74, 6) is -0.868. The molecule has 2 unspecified atom stereocenters. The van der Waals surface area contributed by atoms with E-state index in [1.165, 1.54) is 0 Å². The molecule has 0 radical (unpaired) electrons. The number of pyridine rings is 1. The van der Waals surface area contributed by atoms with Gasteiger partial charge in [-0.05, 0) is 17.7 Å². The fraction of sp³-hybridized carbons (Fsp3) is 0.333. The Morgan fingerprint density at radius 3 is 2.86 bits per heavy atom. The summed E-state index contributed by atoms with van der Waals surface area (Å²) < 4.78 is 0. The third-order valence-electron chi connectivity index (χ3n) is 2.38. The largest absolute Gasteiger partial charge is 0.480 e. The van der Waals surface area contributed by atoms with Gasteiger partial charge in [-0.1, -0.05) is 0 Å². The molecule has 0 amide bonds. The molecule has 2 atom stereocenters. The lowest BCUT2D eigenvalue weighted by Gasteiger charge is -2.13. The van der Waals surface area contributed by atoms with Gasteiger partial charge >= 0.3 is 5.97 Å². The SMILES string of the molecule is O=C(O)C1NNCC1c1ccncc1. The Morgan fingerprint density at radius 1 is 1.50 bits per heavy atom. The highest BCUT2D eigenvalue weighted by Crippen LogP contribution is 2.21. The Bertz CT molecular complexity index is 328. The summed E-state index contributed by atoms with van der Waals surface area (Å²) >= 11 is 0. The van der Waals surface area contributed by atoms with Crippen molar-refractivity contribution in [2.75, 3.05) is 6.54 Å². The number of hydrogen-bond donors (Lipinski definition) is 3. The van der Waals surface area contributed by atoms with Crippen molar-refractivity contribution in [3.8, 4) is 0 Å². The molecule has 1 aliphatic rings. The molecule has 0 saturated carbocycles. The molecule has 1 saturated heterocycles. The quantitative estimate of drug-likeness (QED) is 0.602.